The summed E-state index contributed by atoms with van der Waals surface area (Å²) in [6.07, 6.45) is 2.16. The van der Waals surface area contributed by atoms with Crippen molar-refractivity contribution in [3.05, 3.63) is 0 Å². The second-order valence-corrected chi connectivity index (χ2v) is 4.00. The molecular weight excluding hydrogens is 126 g/mol. The quantitative estimate of drug-likeness (QED) is 0.603. The number of rotatable bonds is 2. The van der Waals surface area contributed by atoms with Gasteiger partial charge in [-0.1, -0.05) is 0 Å². The second kappa shape index (κ2) is 1.95. The standard InChI is InChI=1S/C8H17NO/c1-6(9)8(4-5-8)7(2,3)10/h6,10H,4-5,9H2,1-3H3. The molecule has 0 heterocycles. The van der Waals surface area contributed by atoms with Crippen LogP contribution >= 0.6 is 0 Å². The maximum Gasteiger partial charge on any atom is 0.0662 e. The molecule has 0 amide bonds. The Labute approximate surface area is 62.4 Å². The van der Waals surface area contributed by atoms with Crippen molar-refractivity contribution >= 4 is 0 Å². The molecule has 3 N–H and O–H groups in total. The largest absolute Gasteiger partial charge is 0.390 e. The molecule has 1 fully saturated rings. The first-order valence-electron chi connectivity index (χ1n) is 3.88. The lowest BCUT2D eigenvalue weighted by Crippen LogP contribution is -2.44. The number of nitrogens with two attached hydrogens (primary N) is 1. The molecule has 0 saturated heterocycles. The van der Waals surface area contributed by atoms with Crippen molar-refractivity contribution in [2.45, 2.75) is 45.3 Å². The molecule has 1 atom stereocenters. The zero-order valence-electron chi connectivity index (χ0n) is 7.02. The average molecular weight is 143 g/mol. The van der Waals surface area contributed by atoms with Crippen LogP contribution in [0.15, 0.2) is 0 Å². The van der Waals surface area contributed by atoms with Gasteiger partial charge < -0.3 is 10.8 Å². The molecule has 0 aromatic rings. The summed E-state index contributed by atoms with van der Waals surface area (Å²) in [5.74, 6) is 0. The summed E-state index contributed by atoms with van der Waals surface area (Å²) in [6, 6.07) is 0.118. The van der Waals surface area contributed by atoms with E-state index in [-0.39, 0.29) is 11.5 Å². The third-order valence-corrected chi connectivity index (χ3v) is 2.88. The van der Waals surface area contributed by atoms with Crippen molar-refractivity contribution < 1.29 is 5.11 Å². The van der Waals surface area contributed by atoms with Crippen LogP contribution in [-0.4, -0.2) is 16.7 Å². The van der Waals surface area contributed by atoms with Crippen LogP contribution < -0.4 is 5.73 Å². The minimum absolute atomic E-state index is 0.0208. The van der Waals surface area contributed by atoms with Crippen LogP contribution in [0.2, 0.25) is 0 Å². The van der Waals surface area contributed by atoms with Gasteiger partial charge in [0, 0.05) is 11.5 Å². The number of aliphatic hydroxyl groups is 1. The van der Waals surface area contributed by atoms with Crippen LogP contribution in [-0.2, 0) is 0 Å². The molecule has 0 aromatic carbocycles. The predicted octanol–water partition coefficient (Wildman–Crippen LogP) is 0.885. The van der Waals surface area contributed by atoms with E-state index < -0.39 is 5.60 Å². The lowest BCUT2D eigenvalue weighted by molar-refractivity contribution is -0.00754. The zero-order valence-corrected chi connectivity index (χ0v) is 7.02. The maximum absolute atomic E-state index is 9.70. The highest BCUT2D eigenvalue weighted by molar-refractivity contribution is 5.08. The first-order chi connectivity index (χ1) is 4.40. The van der Waals surface area contributed by atoms with E-state index in [2.05, 4.69) is 0 Å². The summed E-state index contributed by atoms with van der Waals surface area (Å²) in [5.41, 5.74) is 5.18. The first-order valence-corrected chi connectivity index (χ1v) is 3.88. The topological polar surface area (TPSA) is 46.2 Å². The molecule has 0 aliphatic heterocycles. The molecule has 2 nitrogen and oxygen atoms in total. The van der Waals surface area contributed by atoms with Gasteiger partial charge in [0.2, 0.25) is 0 Å². The van der Waals surface area contributed by atoms with E-state index in [1.807, 2.05) is 20.8 Å². The lowest BCUT2D eigenvalue weighted by atomic mass is 9.82. The fourth-order valence-electron chi connectivity index (χ4n) is 1.76. The Morgan fingerprint density at radius 3 is 1.90 bits per heavy atom. The molecule has 0 aromatic heterocycles. The lowest BCUT2D eigenvalue weighted by Gasteiger charge is -2.32. The van der Waals surface area contributed by atoms with Crippen molar-refractivity contribution in [2.24, 2.45) is 11.1 Å². The summed E-state index contributed by atoms with van der Waals surface area (Å²) in [5, 5.41) is 9.70. The first kappa shape index (κ1) is 8.02. The number of hydrogen-bond donors (Lipinski definition) is 2. The summed E-state index contributed by atoms with van der Waals surface area (Å²) in [6.45, 7) is 5.68. The maximum atomic E-state index is 9.70. The summed E-state index contributed by atoms with van der Waals surface area (Å²) in [7, 11) is 0. The van der Waals surface area contributed by atoms with Crippen LogP contribution in [0, 0.1) is 5.41 Å². The Balaban J connectivity index is 2.70. The van der Waals surface area contributed by atoms with E-state index in [4.69, 9.17) is 5.73 Å². The summed E-state index contributed by atoms with van der Waals surface area (Å²) >= 11 is 0. The number of hydrogen-bond acceptors (Lipinski definition) is 2. The van der Waals surface area contributed by atoms with Crippen molar-refractivity contribution in [1.82, 2.24) is 0 Å². The molecular formula is C8H17NO. The monoisotopic (exact) mass is 143 g/mol. The Hall–Kier alpha value is -0.0800. The van der Waals surface area contributed by atoms with Crippen LogP contribution in [0.1, 0.15) is 33.6 Å². The summed E-state index contributed by atoms with van der Waals surface area (Å²) in [4.78, 5) is 0. The van der Waals surface area contributed by atoms with Gasteiger partial charge in [-0.3, -0.25) is 0 Å². The van der Waals surface area contributed by atoms with Gasteiger partial charge in [-0.25, -0.2) is 0 Å². The fourth-order valence-corrected chi connectivity index (χ4v) is 1.76. The zero-order chi connectivity index (χ0) is 7.99. The minimum atomic E-state index is -0.596. The Morgan fingerprint density at radius 1 is 1.50 bits per heavy atom. The van der Waals surface area contributed by atoms with Crippen LogP contribution in [0.4, 0.5) is 0 Å². The van der Waals surface area contributed by atoms with Gasteiger partial charge in [0.1, 0.15) is 0 Å². The van der Waals surface area contributed by atoms with Gasteiger partial charge in [-0.05, 0) is 33.6 Å². The second-order valence-electron chi connectivity index (χ2n) is 4.00. The Kier molecular flexibility index (Phi) is 1.57. The van der Waals surface area contributed by atoms with Gasteiger partial charge in [-0.15, -0.1) is 0 Å². The molecule has 1 saturated carbocycles. The van der Waals surface area contributed by atoms with E-state index >= 15 is 0 Å². The van der Waals surface area contributed by atoms with Crippen molar-refractivity contribution in [2.75, 3.05) is 0 Å². The highest BCUT2D eigenvalue weighted by Crippen LogP contribution is 2.55. The molecule has 2 heteroatoms. The average Bonchev–Trinajstić information content (AvgIpc) is 2.36. The van der Waals surface area contributed by atoms with Crippen molar-refractivity contribution in [3.63, 3.8) is 0 Å². The molecule has 1 rings (SSSR count). The highest BCUT2D eigenvalue weighted by Gasteiger charge is 2.55. The third-order valence-electron chi connectivity index (χ3n) is 2.88. The SMILES string of the molecule is CC(N)C1(C(C)(C)O)CC1. The van der Waals surface area contributed by atoms with Gasteiger partial charge >= 0.3 is 0 Å². The molecule has 0 spiro atoms. The molecule has 10 heavy (non-hydrogen) atoms. The van der Waals surface area contributed by atoms with E-state index in [1.165, 1.54) is 0 Å². The highest BCUT2D eigenvalue weighted by atomic mass is 16.3. The molecule has 0 bridgehead atoms. The van der Waals surface area contributed by atoms with Crippen LogP contribution in [0.25, 0.3) is 0 Å². The van der Waals surface area contributed by atoms with Crippen molar-refractivity contribution in [3.8, 4) is 0 Å². The molecule has 0 radical (unpaired) electrons. The Morgan fingerprint density at radius 2 is 1.90 bits per heavy atom. The van der Waals surface area contributed by atoms with Crippen LogP contribution in [0.3, 0.4) is 0 Å². The molecule has 1 aliphatic rings. The van der Waals surface area contributed by atoms with E-state index in [0.717, 1.165) is 12.8 Å². The molecule has 60 valence electrons. The van der Waals surface area contributed by atoms with Crippen LogP contribution in [0.5, 0.6) is 0 Å². The van der Waals surface area contributed by atoms with Gasteiger partial charge in [0.15, 0.2) is 0 Å². The van der Waals surface area contributed by atoms with E-state index in [1.54, 1.807) is 0 Å². The fraction of sp³-hybridized carbons (Fsp3) is 1.00. The normalized spacial score (nSPS) is 26.1. The molecule has 1 unspecified atom stereocenters. The van der Waals surface area contributed by atoms with Gasteiger partial charge in [0.05, 0.1) is 5.60 Å². The summed E-state index contributed by atoms with van der Waals surface area (Å²) < 4.78 is 0. The van der Waals surface area contributed by atoms with Gasteiger partial charge in [-0.2, -0.15) is 0 Å². The van der Waals surface area contributed by atoms with Gasteiger partial charge in [0.25, 0.3) is 0 Å². The predicted molar refractivity (Wildman–Crippen MR) is 41.6 cm³/mol. The van der Waals surface area contributed by atoms with E-state index in [0.29, 0.717) is 0 Å². The smallest absolute Gasteiger partial charge is 0.0662 e. The third kappa shape index (κ3) is 0.956. The van der Waals surface area contributed by atoms with E-state index in [9.17, 15) is 5.11 Å². The Bertz CT molecular complexity index is 131. The van der Waals surface area contributed by atoms with Crippen molar-refractivity contribution in [1.29, 1.82) is 0 Å². The molecule has 1 aliphatic carbocycles. The minimum Gasteiger partial charge on any atom is -0.390 e.